The predicted molar refractivity (Wildman–Crippen MR) is 213 cm³/mol. The number of hydrogen-bond donors (Lipinski definition) is 0. The average molecular weight is 866 g/mol. The fraction of sp³-hybridized carbons (Fsp3) is 0.217. The summed E-state index contributed by atoms with van der Waals surface area (Å²) in [6.45, 7) is 10.1. The number of aromatic nitrogens is 1. The SMILES string of the molecule is [2H]C([2H])([2H])c1c[c-]c(-c2cc(C([2H])([2H])C(C)(C)C)c([Si](C)(C)C)cn2)cc1.[Ir].[c-]1ccc2c(oc3ccccc32)c1C1=Nc2ccccc2C1c1ccccc1. The molecule has 1 unspecified atom stereocenters. The first-order valence-corrected chi connectivity index (χ1v) is 20.5. The summed E-state index contributed by atoms with van der Waals surface area (Å²) in [5.74, 6) is 0.0764. The summed E-state index contributed by atoms with van der Waals surface area (Å²) < 4.78 is 46.3. The molecule has 8 rings (SSSR count). The Morgan fingerprint density at radius 3 is 2.33 bits per heavy atom. The van der Waals surface area contributed by atoms with Gasteiger partial charge in [0.2, 0.25) is 0 Å². The van der Waals surface area contributed by atoms with Crippen LogP contribution in [0.1, 0.15) is 61.4 Å². The normalized spacial score (nSPS) is 16.0. The van der Waals surface area contributed by atoms with Crippen LogP contribution in [0.25, 0.3) is 33.2 Å². The molecule has 0 saturated heterocycles. The molecule has 3 heterocycles. The summed E-state index contributed by atoms with van der Waals surface area (Å²) in [6.07, 6.45) is 0.269. The van der Waals surface area contributed by atoms with Gasteiger partial charge in [-0.05, 0) is 51.6 Å². The van der Waals surface area contributed by atoms with Gasteiger partial charge in [0.25, 0.3) is 0 Å². The van der Waals surface area contributed by atoms with Gasteiger partial charge in [-0.25, -0.2) is 0 Å². The zero-order valence-electron chi connectivity index (χ0n) is 34.8. The number of fused-ring (bicyclic) bond motifs is 4. The molecule has 3 nitrogen and oxygen atoms in total. The summed E-state index contributed by atoms with van der Waals surface area (Å²) in [4.78, 5) is 9.59. The molecule has 1 aliphatic heterocycles. The van der Waals surface area contributed by atoms with Gasteiger partial charge >= 0.3 is 0 Å². The smallest absolute Gasteiger partial charge is 0.120 e. The molecular formula is C46H44IrN2OSi-2. The molecular weight excluding hydrogens is 817 g/mol. The molecule has 5 heteroatoms. The number of para-hydroxylation sites is 2. The first kappa shape index (κ1) is 30.2. The van der Waals surface area contributed by atoms with Crippen molar-refractivity contribution in [3.05, 3.63) is 161 Å². The van der Waals surface area contributed by atoms with Crippen LogP contribution in [0.5, 0.6) is 0 Å². The predicted octanol–water partition coefficient (Wildman–Crippen LogP) is 11.6. The van der Waals surface area contributed by atoms with Gasteiger partial charge < -0.3 is 9.40 Å². The van der Waals surface area contributed by atoms with Crippen molar-refractivity contribution in [1.82, 2.24) is 4.98 Å². The van der Waals surface area contributed by atoms with E-state index in [4.69, 9.17) is 16.3 Å². The standard InChI is InChI=1S/C26H16NO.C20H28NSi.Ir/c1-2-9-17(10-3-1)24-20-12-4-6-15-22(20)27-25(24)21-14-8-13-19-18-11-5-7-16-23(18)28-26(19)21;1-15-8-10-16(11-9-15)18-12-17(13-20(2,3)4)19(14-21-18)22(5,6)7;/h1-13,15-16,24H;8-10,12,14H,13H2,1-7H3;/q2*-1;/i;1D3,13D2;. The third-order valence-electron chi connectivity index (χ3n) is 8.80. The van der Waals surface area contributed by atoms with Crippen LogP contribution in [-0.2, 0) is 26.5 Å². The number of pyridine rings is 1. The molecule has 1 radical (unpaired) electrons. The van der Waals surface area contributed by atoms with Crippen LogP contribution in [-0.4, -0.2) is 18.8 Å². The zero-order chi connectivity index (χ0) is 39.3. The summed E-state index contributed by atoms with van der Waals surface area (Å²) >= 11 is 0. The summed E-state index contributed by atoms with van der Waals surface area (Å²) in [5, 5.41) is 3.24. The molecule has 0 aliphatic carbocycles. The van der Waals surface area contributed by atoms with E-state index in [1.807, 2.05) is 63.2 Å². The summed E-state index contributed by atoms with van der Waals surface area (Å²) in [7, 11) is -1.81. The van der Waals surface area contributed by atoms with Crippen LogP contribution >= 0.6 is 0 Å². The van der Waals surface area contributed by atoms with Crippen molar-refractivity contribution >= 4 is 46.6 Å². The van der Waals surface area contributed by atoms with Gasteiger partial charge in [-0.3, -0.25) is 4.99 Å². The number of aryl methyl sites for hydroxylation is 1. The number of aliphatic imine (C=N–C) groups is 1. The average Bonchev–Trinajstić information content (AvgIpc) is 3.73. The molecule has 0 amide bonds. The van der Waals surface area contributed by atoms with Crippen molar-refractivity contribution in [3.8, 4) is 11.3 Å². The summed E-state index contributed by atoms with van der Waals surface area (Å²) in [6, 6.07) is 44.1. The van der Waals surface area contributed by atoms with E-state index in [0.717, 1.165) is 44.1 Å². The molecule has 5 aromatic carbocycles. The first-order chi connectivity index (χ1) is 25.9. The van der Waals surface area contributed by atoms with Gasteiger partial charge in [-0.1, -0.05) is 137 Å². The molecule has 2 aromatic heterocycles. The van der Waals surface area contributed by atoms with Gasteiger partial charge in [-0.15, -0.1) is 53.6 Å². The van der Waals surface area contributed by atoms with Crippen LogP contribution in [0.4, 0.5) is 5.69 Å². The summed E-state index contributed by atoms with van der Waals surface area (Å²) in [5.41, 5.74) is 8.77. The molecule has 0 fully saturated rings. The fourth-order valence-corrected chi connectivity index (χ4v) is 7.93. The van der Waals surface area contributed by atoms with Gasteiger partial charge in [0.1, 0.15) is 5.58 Å². The van der Waals surface area contributed by atoms with E-state index in [1.165, 1.54) is 17.2 Å². The third kappa shape index (κ3) is 7.77. The maximum Gasteiger partial charge on any atom is 0.120 e. The molecule has 0 N–H and O–H groups in total. The monoisotopic (exact) mass is 866 g/mol. The number of hydrogen-bond acceptors (Lipinski definition) is 3. The van der Waals surface area contributed by atoms with E-state index >= 15 is 0 Å². The minimum Gasteiger partial charge on any atom is -0.501 e. The Morgan fingerprint density at radius 1 is 0.863 bits per heavy atom. The first-order valence-electron chi connectivity index (χ1n) is 19.5. The second-order valence-electron chi connectivity index (χ2n) is 14.8. The zero-order valence-corrected chi connectivity index (χ0v) is 33.2. The molecule has 0 saturated carbocycles. The van der Waals surface area contributed by atoms with E-state index in [1.54, 1.807) is 18.3 Å². The Hall–Kier alpha value is -4.41. The molecule has 0 spiro atoms. The second kappa shape index (κ2) is 14.7. The Kier molecular flexibility index (Phi) is 8.70. The molecule has 7 aromatic rings. The topological polar surface area (TPSA) is 38.4 Å². The van der Waals surface area contributed by atoms with E-state index < -0.39 is 26.7 Å². The molecule has 259 valence electrons. The maximum absolute atomic E-state index is 8.79. The number of benzene rings is 5. The minimum atomic E-state index is -2.17. The maximum atomic E-state index is 8.79. The Labute approximate surface area is 324 Å². The fourth-order valence-electron chi connectivity index (χ4n) is 6.53. The van der Waals surface area contributed by atoms with E-state index in [2.05, 4.69) is 91.4 Å². The number of furan rings is 1. The van der Waals surface area contributed by atoms with Crippen LogP contribution in [0.15, 0.2) is 131 Å². The van der Waals surface area contributed by atoms with E-state index in [0.29, 0.717) is 16.8 Å². The Bertz CT molecular complexity index is 2530. The van der Waals surface area contributed by atoms with Crippen LogP contribution in [0.2, 0.25) is 19.6 Å². The van der Waals surface area contributed by atoms with Crippen LogP contribution in [0, 0.1) is 24.4 Å². The van der Waals surface area contributed by atoms with Crippen molar-refractivity contribution in [2.45, 2.75) is 59.6 Å². The van der Waals surface area contributed by atoms with Crippen LogP contribution in [0.3, 0.4) is 0 Å². The molecule has 1 aliphatic rings. The van der Waals surface area contributed by atoms with Gasteiger partial charge in [-0.2, -0.15) is 0 Å². The van der Waals surface area contributed by atoms with Crippen molar-refractivity contribution in [3.63, 3.8) is 0 Å². The molecule has 0 bridgehead atoms. The quantitative estimate of drug-likeness (QED) is 0.128. The van der Waals surface area contributed by atoms with Crippen LogP contribution < -0.4 is 5.19 Å². The minimum absolute atomic E-state index is 0. The van der Waals surface area contributed by atoms with Crippen molar-refractivity contribution in [2.75, 3.05) is 0 Å². The Morgan fingerprint density at radius 2 is 1.61 bits per heavy atom. The third-order valence-corrected chi connectivity index (χ3v) is 10.8. The largest absolute Gasteiger partial charge is 0.501 e. The van der Waals surface area contributed by atoms with Crippen molar-refractivity contribution in [1.29, 1.82) is 0 Å². The van der Waals surface area contributed by atoms with Gasteiger partial charge in [0.05, 0.1) is 19.3 Å². The van der Waals surface area contributed by atoms with E-state index in [9.17, 15) is 0 Å². The van der Waals surface area contributed by atoms with Gasteiger partial charge in [0, 0.05) is 44.5 Å². The number of nitrogens with zero attached hydrogens (tertiary/aromatic N) is 2. The van der Waals surface area contributed by atoms with Crippen molar-refractivity contribution < 1.29 is 31.4 Å². The Balaban J connectivity index is 0.000000187. The number of rotatable bonds is 5. The van der Waals surface area contributed by atoms with Gasteiger partial charge in [0.15, 0.2) is 0 Å². The van der Waals surface area contributed by atoms with Crippen molar-refractivity contribution in [2.24, 2.45) is 10.4 Å². The molecule has 51 heavy (non-hydrogen) atoms. The van der Waals surface area contributed by atoms with E-state index in [-0.39, 0.29) is 31.6 Å². The molecule has 1 atom stereocenters. The second-order valence-corrected chi connectivity index (χ2v) is 19.9.